The Morgan fingerprint density at radius 2 is 2.00 bits per heavy atom. The molecule has 1 aromatic heterocycles. The van der Waals surface area contributed by atoms with Gasteiger partial charge in [-0.15, -0.1) is 0 Å². The number of pyridine rings is 1. The van der Waals surface area contributed by atoms with Crippen LogP contribution in [0.1, 0.15) is 24.8 Å². The smallest absolute Gasteiger partial charge is 0.215 e. The Morgan fingerprint density at radius 3 is 2.76 bits per heavy atom. The van der Waals surface area contributed by atoms with Crippen molar-refractivity contribution in [2.75, 3.05) is 4.31 Å². The van der Waals surface area contributed by atoms with Gasteiger partial charge in [0.2, 0.25) is 5.88 Å². The van der Waals surface area contributed by atoms with E-state index in [1.165, 1.54) is 6.42 Å². The Balaban J connectivity index is 1.59. The molecule has 1 unspecified atom stereocenters. The van der Waals surface area contributed by atoms with Gasteiger partial charge in [-0.3, -0.25) is 4.31 Å². The minimum atomic E-state index is -1.18. The molecule has 1 fully saturated rings. The predicted octanol–water partition coefficient (Wildman–Crippen LogP) is 3.06. The molecule has 1 aromatic carbocycles. The van der Waals surface area contributed by atoms with Gasteiger partial charge in [0.25, 0.3) is 0 Å². The van der Waals surface area contributed by atoms with Crippen LogP contribution in [0.2, 0.25) is 0 Å². The van der Waals surface area contributed by atoms with Crippen LogP contribution in [0.15, 0.2) is 47.4 Å². The topological polar surface area (TPSA) is 42.4 Å². The Kier molecular flexibility index (Phi) is 3.15. The SMILES string of the molecule is O=S1c2ccccc2CN1c1cccc(OC2CCC2)n1. The van der Waals surface area contributed by atoms with E-state index in [0.29, 0.717) is 24.3 Å². The molecule has 0 amide bonds. The van der Waals surface area contributed by atoms with Crippen LogP contribution in [-0.4, -0.2) is 15.3 Å². The highest BCUT2D eigenvalue weighted by Gasteiger charge is 2.28. The molecule has 0 spiro atoms. The molecule has 21 heavy (non-hydrogen) atoms. The third-order valence-electron chi connectivity index (χ3n) is 3.98. The Hall–Kier alpha value is -1.88. The van der Waals surface area contributed by atoms with Gasteiger partial charge in [-0.1, -0.05) is 24.3 Å². The minimum Gasteiger partial charge on any atom is -0.474 e. The Morgan fingerprint density at radius 1 is 1.14 bits per heavy atom. The number of ether oxygens (including phenoxy) is 1. The first-order chi connectivity index (χ1) is 10.3. The number of benzene rings is 1. The molecule has 1 saturated carbocycles. The number of nitrogens with zero attached hydrogens (tertiary/aromatic N) is 2. The zero-order valence-electron chi connectivity index (χ0n) is 11.6. The molecule has 1 atom stereocenters. The lowest BCUT2D eigenvalue weighted by Gasteiger charge is -2.26. The summed E-state index contributed by atoms with van der Waals surface area (Å²) in [6.07, 6.45) is 3.74. The number of fused-ring (bicyclic) bond motifs is 1. The third-order valence-corrected chi connectivity index (χ3v) is 5.47. The zero-order valence-corrected chi connectivity index (χ0v) is 12.4. The summed E-state index contributed by atoms with van der Waals surface area (Å²) in [6, 6.07) is 13.5. The number of anilines is 1. The monoisotopic (exact) mass is 300 g/mol. The summed E-state index contributed by atoms with van der Waals surface area (Å²) in [5, 5.41) is 0. The molecule has 1 aliphatic heterocycles. The lowest BCUT2D eigenvalue weighted by atomic mass is 9.96. The summed E-state index contributed by atoms with van der Waals surface area (Å²) in [6.45, 7) is 0.628. The summed E-state index contributed by atoms with van der Waals surface area (Å²) >= 11 is 0. The van der Waals surface area contributed by atoms with Crippen molar-refractivity contribution in [2.45, 2.75) is 36.8 Å². The number of hydrogen-bond donors (Lipinski definition) is 0. The molecular formula is C16H16N2O2S. The molecule has 2 aliphatic rings. The average Bonchev–Trinajstić information content (AvgIpc) is 2.81. The molecule has 5 heteroatoms. The fraction of sp³-hybridized carbons (Fsp3) is 0.312. The molecule has 2 aromatic rings. The number of aromatic nitrogens is 1. The zero-order chi connectivity index (χ0) is 14.2. The van der Waals surface area contributed by atoms with E-state index in [2.05, 4.69) is 4.98 Å². The van der Waals surface area contributed by atoms with Crippen molar-refractivity contribution in [3.63, 3.8) is 0 Å². The molecule has 0 saturated heterocycles. The maximum absolute atomic E-state index is 12.6. The van der Waals surface area contributed by atoms with Crippen molar-refractivity contribution in [3.05, 3.63) is 48.0 Å². The van der Waals surface area contributed by atoms with E-state index in [-0.39, 0.29) is 0 Å². The van der Waals surface area contributed by atoms with Crippen LogP contribution in [0.3, 0.4) is 0 Å². The van der Waals surface area contributed by atoms with E-state index < -0.39 is 11.0 Å². The van der Waals surface area contributed by atoms with Crippen LogP contribution in [-0.2, 0) is 17.5 Å². The van der Waals surface area contributed by atoms with E-state index in [0.717, 1.165) is 23.3 Å². The van der Waals surface area contributed by atoms with Gasteiger partial charge in [-0.25, -0.2) is 4.21 Å². The lowest BCUT2D eigenvalue weighted by Crippen LogP contribution is -2.25. The van der Waals surface area contributed by atoms with Gasteiger partial charge >= 0.3 is 0 Å². The van der Waals surface area contributed by atoms with Gasteiger partial charge in [-0.05, 0) is 37.0 Å². The first-order valence-corrected chi connectivity index (χ1v) is 8.33. The van der Waals surface area contributed by atoms with E-state index in [4.69, 9.17) is 4.74 Å². The normalized spacial score (nSPS) is 21.0. The highest BCUT2D eigenvalue weighted by molar-refractivity contribution is 7.86. The first kappa shape index (κ1) is 12.8. The van der Waals surface area contributed by atoms with Crippen LogP contribution < -0.4 is 9.04 Å². The largest absolute Gasteiger partial charge is 0.474 e. The molecule has 4 nitrogen and oxygen atoms in total. The van der Waals surface area contributed by atoms with E-state index in [1.54, 1.807) is 0 Å². The highest BCUT2D eigenvalue weighted by atomic mass is 32.2. The summed E-state index contributed by atoms with van der Waals surface area (Å²) in [7, 11) is -1.18. The van der Waals surface area contributed by atoms with Crippen LogP contribution in [0.5, 0.6) is 5.88 Å². The number of rotatable bonds is 3. The standard InChI is InChI=1S/C16H16N2O2S/c19-21-14-8-2-1-5-12(14)11-18(21)15-9-4-10-16(17-15)20-13-6-3-7-13/h1-2,4-5,8-10,13H,3,6-7,11H2. The second-order valence-corrected chi connectivity index (χ2v) is 6.78. The van der Waals surface area contributed by atoms with Crippen molar-refractivity contribution in [1.82, 2.24) is 4.98 Å². The molecule has 0 N–H and O–H groups in total. The van der Waals surface area contributed by atoms with Gasteiger partial charge in [-0.2, -0.15) is 4.98 Å². The third kappa shape index (κ3) is 2.31. The molecule has 4 rings (SSSR count). The van der Waals surface area contributed by atoms with Gasteiger partial charge in [0.05, 0.1) is 11.4 Å². The quantitative estimate of drug-likeness (QED) is 0.875. The Labute approximate surface area is 126 Å². The molecule has 108 valence electrons. The second kappa shape index (κ2) is 5.15. The van der Waals surface area contributed by atoms with E-state index >= 15 is 0 Å². The van der Waals surface area contributed by atoms with Crippen LogP contribution in [0.4, 0.5) is 5.82 Å². The maximum atomic E-state index is 12.6. The summed E-state index contributed by atoms with van der Waals surface area (Å²) in [4.78, 5) is 5.40. The molecule has 1 aliphatic carbocycles. The predicted molar refractivity (Wildman–Crippen MR) is 81.5 cm³/mol. The number of hydrogen-bond acceptors (Lipinski definition) is 3. The molecule has 2 heterocycles. The lowest BCUT2D eigenvalue weighted by molar-refractivity contribution is 0.115. The van der Waals surface area contributed by atoms with Crippen LogP contribution >= 0.6 is 0 Å². The average molecular weight is 300 g/mol. The minimum absolute atomic E-state index is 0.300. The summed E-state index contributed by atoms with van der Waals surface area (Å²) < 4.78 is 20.2. The summed E-state index contributed by atoms with van der Waals surface area (Å²) in [5.74, 6) is 1.34. The van der Waals surface area contributed by atoms with E-state index in [1.807, 2.05) is 46.8 Å². The maximum Gasteiger partial charge on any atom is 0.215 e. The van der Waals surface area contributed by atoms with Gasteiger partial charge < -0.3 is 4.74 Å². The molecular weight excluding hydrogens is 284 g/mol. The van der Waals surface area contributed by atoms with Crippen molar-refractivity contribution < 1.29 is 8.95 Å². The van der Waals surface area contributed by atoms with Gasteiger partial charge in [0.1, 0.15) is 11.9 Å². The van der Waals surface area contributed by atoms with Crippen molar-refractivity contribution in [3.8, 4) is 5.88 Å². The fourth-order valence-corrected chi connectivity index (χ4v) is 3.89. The van der Waals surface area contributed by atoms with E-state index in [9.17, 15) is 4.21 Å². The molecule has 0 radical (unpaired) electrons. The van der Waals surface area contributed by atoms with Crippen LogP contribution in [0.25, 0.3) is 0 Å². The first-order valence-electron chi connectivity index (χ1n) is 7.22. The Bertz CT molecular complexity index is 700. The highest BCUT2D eigenvalue weighted by Crippen LogP contribution is 2.32. The van der Waals surface area contributed by atoms with Gasteiger partial charge in [0.15, 0.2) is 11.0 Å². The van der Waals surface area contributed by atoms with Gasteiger partial charge in [0, 0.05) is 6.07 Å². The molecule has 0 bridgehead atoms. The van der Waals surface area contributed by atoms with Crippen molar-refractivity contribution >= 4 is 16.8 Å². The summed E-state index contributed by atoms with van der Waals surface area (Å²) in [5.41, 5.74) is 1.10. The fourth-order valence-electron chi connectivity index (χ4n) is 2.57. The van der Waals surface area contributed by atoms with Crippen molar-refractivity contribution in [1.29, 1.82) is 0 Å². The van der Waals surface area contributed by atoms with Crippen molar-refractivity contribution in [2.24, 2.45) is 0 Å². The second-order valence-electron chi connectivity index (χ2n) is 5.40. The van der Waals surface area contributed by atoms with Crippen LogP contribution in [0, 0.1) is 0 Å².